The summed E-state index contributed by atoms with van der Waals surface area (Å²) in [7, 11) is 0. The number of anilines is 1. The van der Waals surface area contributed by atoms with Crippen LogP contribution in [0.2, 0.25) is 5.02 Å². The molecule has 2 heterocycles. The number of aromatic nitrogens is 3. The van der Waals surface area contributed by atoms with E-state index in [1.807, 2.05) is 6.92 Å². The van der Waals surface area contributed by atoms with Gasteiger partial charge in [0.25, 0.3) is 5.91 Å². The van der Waals surface area contributed by atoms with Gasteiger partial charge in [0.05, 0.1) is 22.6 Å². The van der Waals surface area contributed by atoms with Crippen molar-refractivity contribution >= 4 is 28.8 Å². The molecule has 2 aromatic heterocycles. The number of halogens is 1. The summed E-state index contributed by atoms with van der Waals surface area (Å²) >= 11 is 6.00. The molecule has 1 aromatic carbocycles. The molecule has 0 bridgehead atoms. The van der Waals surface area contributed by atoms with Crippen molar-refractivity contribution < 1.29 is 4.79 Å². The molecule has 0 saturated heterocycles. The van der Waals surface area contributed by atoms with Crippen molar-refractivity contribution in [2.24, 2.45) is 0 Å². The lowest BCUT2D eigenvalue weighted by molar-refractivity contribution is 0.102. The average molecular weight is 287 g/mol. The van der Waals surface area contributed by atoms with Gasteiger partial charge in [-0.1, -0.05) is 23.7 Å². The lowest BCUT2D eigenvalue weighted by atomic mass is 10.3. The lowest BCUT2D eigenvalue weighted by Crippen LogP contribution is -2.15. The number of hydrogen-bond donors (Lipinski definition) is 1. The Hall–Kier alpha value is -2.40. The molecule has 20 heavy (non-hydrogen) atoms. The number of hydrogen-bond acceptors (Lipinski definition) is 3. The Kier molecular flexibility index (Phi) is 3.12. The predicted octanol–water partition coefficient (Wildman–Crippen LogP) is 2.94. The number of rotatable bonds is 2. The van der Waals surface area contributed by atoms with Crippen molar-refractivity contribution in [3.8, 4) is 0 Å². The number of nitrogens with zero attached hydrogens (tertiary/aromatic N) is 3. The van der Waals surface area contributed by atoms with Crippen molar-refractivity contribution in [1.29, 1.82) is 0 Å². The van der Waals surface area contributed by atoms with Crippen molar-refractivity contribution in [3.05, 3.63) is 59.0 Å². The Labute approximate surface area is 120 Å². The van der Waals surface area contributed by atoms with Gasteiger partial charge in [-0.2, -0.15) is 5.10 Å². The second kappa shape index (κ2) is 4.94. The van der Waals surface area contributed by atoms with Crippen molar-refractivity contribution in [2.45, 2.75) is 6.92 Å². The van der Waals surface area contributed by atoms with Crippen LogP contribution in [0.5, 0.6) is 0 Å². The highest BCUT2D eigenvalue weighted by atomic mass is 35.5. The van der Waals surface area contributed by atoms with Gasteiger partial charge >= 0.3 is 0 Å². The minimum atomic E-state index is -0.314. The molecule has 5 nitrogen and oxygen atoms in total. The van der Waals surface area contributed by atoms with Crippen LogP contribution >= 0.6 is 11.6 Å². The lowest BCUT2D eigenvalue weighted by Gasteiger charge is -2.06. The molecule has 6 heteroatoms. The Morgan fingerprint density at radius 1 is 1.25 bits per heavy atom. The van der Waals surface area contributed by atoms with Crippen molar-refractivity contribution in [2.75, 3.05) is 5.32 Å². The molecule has 0 fully saturated rings. The first-order chi connectivity index (χ1) is 9.63. The third-order valence-corrected chi connectivity index (χ3v) is 3.12. The number of nitrogens with one attached hydrogen (secondary N) is 1. The summed E-state index contributed by atoms with van der Waals surface area (Å²) in [5.41, 5.74) is 2.41. The van der Waals surface area contributed by atoms with Crippen LogP contribution in [-0.2, 0) is 0 Å². The number of para-hydroxylation sites is 1. The average Bonchev–Trinajstić information content (AvgIpc) is 2.80. The molecule has 0 spiro atoms. The van der Waals surface area contributed by atoms with Gasteiger partial charge in [-0.15, -0.1) is 0 Å². The van der Waals surface area contributed by atoms with E-state index in [9.17, 15) is 4.79 Å². The van der Waals surface area contributed by atoms with Crippen LogP contribution in [-0.4, -0.2) is 20.5 Å². The van der Waals surface area contributed by atoms with E-state index in [1.165, 1.54) is 0 Å². The van der Waals surface area contributed by atoms with Crippen LogP contribution < -0.4 is 5.32 Å². The normalized spacial score (nSPS) is 10.7. The van der Waals surface area contributed by atoms with Gasteiger partial charge in [0, 0.05) is 0 Å². The molecule has 0 radical (unpaired) electrons. The van der Waals surface area contributed by atoms with Gasteiger partial charge in [0.15, 0.2) is 5.65 Å². The van der Waals surface area contributed by atoms with E-state index in [0.717, 1.165) is 5.69 Å². The highest BCUT2D eigenvalue weighted by molar-refractivity contribution is 6.33. The fraction of sp³-hybridized carbons (Fsp3) is 0.0714. The fourth-order valence-electron chi connectivity index (χ4n) is 1.87. The Morgan fingerprint density at radius 3 is 2.85 bits per heavy atom. The van der Waals surface area contributed by atoms with Gasteiger partial charge in [-0.25, -0.2) is 9.50 Å². The molecule has 0 aliphatic heterocycles. The third kappa shape index (κ3) is 2.35. The van der Waals surface area contributed by atoms with Crippen LogP contribution in [0.1, 0.15) is 16.2 Å². The van der Waals surface area contributed by atoms with E-state index in [-0.39, 0.29) is 5.91 Å². The summed E-state index contributed by atoms with van der Waals surface area (Å²) < 4.78 is 1.58. The maximum absolute atomic E-state index is 12.2. The SMILES string of the molecule is Cc1cn2nc(C(=O)Nc3ccccc3Cl)ccc2n1. The second-order valence-corrected chi connectivity index (χ2v) is 4.74. The van der Waals surface area contributed by atoms with Crippen LogP contribution in [0.15, 0.2) is 42.6 Å². The van der Waals surface area contributed by atoms with Crippen LogP contribution in [0, 0.1) is 6.92 Å². The van der Waals surface area contributed by atoms with E-state index in [4.69, 9.17) is 11.6 Å². The molecule has 0 aliphatic carbocycles. The Balaban J connectivity index is 1.90. The molecule has 3 rings (SSSR count). The minimum absolute atomic E-state index is 0.301. The number of carbonyl (C=O) groups is 1. The molecule has 0 saturated carbocycles. The molecule has 0 aliphatic rings. The van der Waals surface area contributed by atoms with E-state index in [1.54, 1.807) is 47.1 Å². The Bertz CT molecular complexity index is 797. The van der Waals surface area contributed by atoms with Crippen molar-refractivity contribution in [3.63, 3.8) is 0 Å². The fourth-order valence-corrected chi connectivity index (χ4v) is 2.05. The molecule has 100 valence electrons. The topological polar surface area (TPSA) is 59.3 Å². The maximum Gasteiger partial charge on any atom is 0.276 e. The summed E-state index contributed by atoms with van der Waals surface area (Å²) in [6.07, 6.45) is 1.77. The van der Waals surface area contributed by atoms with Crippen LogP contribution in [0.4, 0.5) is 5.69 Å². The third-order valence-electron chi connectivity index (χ3n) is 2.80. The minimum Gasteiger partial charge on any atom is -0.319 e. The molecular formula is C14H11ClN4O. The number of carbonyl (C=O) groups excluding carboxylic acids is 1. The number of fused-ring (bicyclic) bond motifs is 1. The van der Waals surface area contributed by atoms with Crippen LogP contribution in [0.3, 0.4) is 0 Å². The Morgan fingerprint density at radius 2 is 2.05 bits per heavy atom. The van der Waals surface area contributed by atoms with Gasteiger partial charge in [0.1, 0.15) is 5.69 Å². The molecule has 3 aromatic rings. The number of benzene rings is 1. The first kappa shape index (κ1) is 12.6. The zero-order valence-electron chi connectivity index (χ0n) is 10.7. The zero-order chi connectivity index (χ0) is 14.1. The first-order valence-corrected chi connectivity index (χ1v) is 6.40. The molecule has 1 N–H and O–H groups in total. The largest absolute Gasteiger partial charge is 0.319 e. The van der Waals surface area contributed by atoms with Gasteiger partial charge in [0.2, 0.25) is 0 Å². The van der Waals surface area contributed by atoms with Crippen LogP contribution in [0.25, 0.3) is 5.65 Å². The highest BCUT2D eigenvalue weighted by Crippen LogP contribution is 2.20. The summed E-state index contributed by atoms with van der Waals surface area (Å²) in [6, 6.07) is 10.4. The second-order valence-electron chi connectivity index (χ2n) is 4.34. The van der Waals surface area contributed by atoms with Gasteiger partial charge in [-0.05, 0) is 31.2 Å². The number of amides is 1. The maximum atomic E-state index is 12.2. The van der Waals surface area contributed by atoms with Crippen molar-refractivity contribution in [1.82, 2.24) is 14.6 Å². The quantitative estimate of drug-likeness (QED) is 0.788. The summed E-state index contributed by atoms with van der Waals surface area (Å²) in [6.45, 7) is 1.87. The van der Waals surface area contributed by atoms with E-state index in [2.05, 4.69) is 15.4 Å². The molecular weight excluding hydrogens is 276 g/mol. The summed E-state index contributed by atoms with van der Waals surface area (Å²) in [5.74, 6) is -0.314. The summed E-state index contributed by atoms with van der Waals surface area (Å²) in [4.78, 5) is 16.4. The van der Waals surface area contributed by atoms with Gasteiger partial charge < -0.3 is 5.32 Å². The molecule has 0 atom stereocenters. The molecule has 1 amide bonds. The highest BCUT2D eigenvalue weighted by Gasteiger charge is 2.11. The van der Waals surface area contributed by atoms with E-state index in [0.29, 0.717) is 22.1 Å². The van der Waals surface area contributed by atoms with Gasteiger partial charge in [-0.3, -0.25) is 4.79 Å². The first-order valence-electron chi connectivity index (χ1n) is 6.02. The predicted molar refractivity (Wildman–Crippen MR) is 77.1 cm³/mol. The molecule has 0 unspecified atom stereocenters. The number of imidazole rings is 1. The summed E-state index contributed by atoms with van der Waals surface area (Å²) in [5, 5.41) is 7.44. The van der Waals surface area contributed by atoms with E-state index >= 15 is 0 Å². The van der Waals surface area contributed by atoms with E-state index < -0.39 is 0 Å². The standard InChI is InChI=1S/C14H11ClN4O/c1-9-8-19-13(16-9)7-6-12(18-19)14(20)17-11-5-3-2-4-10(11)15/h2-8H,1H3,(H,17,20). The number of aryl methyl sites for hydroxylation is 1. The zero-order valence-corrected chi connectivity index (χ0v) is 11.4. The smallest absolute Gasteiger partial charge is 0.276 e. The monoisotopic (exact) mass is 286 g/mol.